The maximum Gasteiger partial charge on any atom is 0.165 e. The number of hydrogen-bond acceptors (Lipinski definition) is 2. The van der Waals surface area contributed by atoms with E-state index in [1.54, 1.807) is 12.1 Å². The van der Waals surface area contributed by atoms with Crippen molar-refractivity contribution < 1.29 is 9.13 Å². The minimum Gasteiger partial charge on any atom is -0.494 e. The van der Waals surface area contributed by atoms with Gasteiger partial charge in [0.25, 0.3) is 0 Å². The summed E-state index contributed by atoms with van der Waals surface area (Å²) in [6.07, 6.45) is 6.99. The van der Waals surface area contributed by atoms with E-state index in [1.165, 1.54) is 32.8 Å². The molecule has 1 aromatic rings. The quantitative estimate of drug-likeness (QED) is 0.886. The van der Waals surface area contributed by atoms with Crippen LogP contribution in [0.3, 0.4) is 0 Å². The van der Waals surface area contributed by atoms with Gasteiger partial charge in [0.15, 0.2) is 11.6 Å². The lowest BCUT2D eigenvalue weighted by Crippen LogP contribution is -2.37. The number of nitrogens with two attached hydrogens (primary N) is 1. The van der Waals surface area contributed by atoms with Crippen molar-refractivity contribution in [3.63, 3.8) is 0 Å². The van der Waals surface area contributed by atoms with Crippen LogP contribution in [0.5, 0.6) is 5.75 Å². The number of ether oxygens (including phenoxy) is 1. The van der Waals surface area contributed by atoms with Crippen molar-refractivity contribution in [3.8, 4) is 5.75 Å². The first-order valence-electron chi connectivity index (χ1n) is 7.65. The molecule has 3 heteroatoms. The van der Waals surface area contributed by atoms with E-state index in [0.29, 0.717) is 12.3 Å². The van der Waals surface area contributed by atoms with E-state index in [9.17, 15) is 4.39 Å². The molecule has 0 spiro atoms. The highest BCUT2D eigenvalue weighted by molar-refractivity contribution is 5.30. The Bertz CT molecular complexity index is 449. The summed E-state index contributed by atoms with van der Waals surface area (Å²) in [6.45, 7) is 2.95. The number of rotatable bonds is 5. The Morgan fingerprint density at radius 1 is 1.45 bits per heavy atom. The van der Waals surface area contributed by atoms with E-state index in [1.807, 2.05) is 6.07 Å². The zero-order chi connectivity index (χ0) is 14.6. The smallest absolute Gasteiger partial charge is 0.165 e. The Balaban J connectivity index is 2.15. The van der Waals surface area contributed by atoms with Crippen LogP contribution in [0.4, 0.5) is 4.39 Å². The van der Waals surface area contributed by atoms with Gasteiger partial charge in [-0.25, -0.2) is 4.39 Å². The van der Waals surface area contributed by atoms with Crippen LogP contribution in [-0.2, 0) is 6.42 Å². The van der Waals surface area contributed by atoms with Crippen LogP contribution in [0.25, 0.3) is 0 Å². The topological polar surface area (TPSA) is 35.2 Å². The zero-order valence-corrected chi connectivity index (χ0v) is 12.6. The van der Waals surface area contributed by atoms with Gasteiger partial charge in [-0.05, 0) is 54.8 Å². The molecule has 1 aromatic carbocycles. The van der Waals surface area contributed by atoms with E-state index < -0.39 is 0 Å². The molecule has 2 nitrogen and oxygen atoms in total. The van der Waals surface area contributed by atoms with E-state index in [4.69, 9.17) is 10.5 Å². The third-order valence-corrected chi connectivity index (χ3v) is 4.85. The molecule has 112 valence electrons. The highest BCUT2D eigenvalue weighted by atomic mass is 19.1. The van der Waals surface area contributed by atoms with Crippen LogP contribution in [0.1, 0.15) is 44.6 Å². The average Bonchev–Trinajstić information content (AvgIpc) is 2.47. The first-order chi connectivity index (χ1) is 9.62. The van der Waals surface area contributed by atoms with Crippen molar-refractivity contribution in [1.82, 2.24) is 0 Å². The number of halogens is 1. The number of benzene rings is 1. The maximum atomic E-state index is 13.8. The van der Waals surface area contributed by atoms with E-state index in [-0.39, 0.29) is 11.2 Å². The molecule has 0 amide bonds. The fourth-order valence-electron chi connectivity index (χ4n) is 3.60. The molecule has 2 N–H and O–H groups in total. The normalized spacial score (nSPS) is 26.5. The molecule has 1 aliphatic rings. The van der Waals surface area contributed by atoms with Gasteiger partial charge in [0.2, 0.25) is 0 Å². The summed E-state index contributed by atoms with van der Waals surface area (Å²) < 4.78 is 18.8. The lowest BCUT2D eigenvalue weighted by Gasteiger charge is -2.40. The van der Waals surface area contributed by atoms with Crippen molar-refractivity contribution in [2.45, 2.75) is 45.4 Å². The van der Waals surface area contributed by atoms with Crippen LogP contribution in [-0.4, -0.2) is 13.7 Å². The summed E-state index contributed by atoms with van der Waals surface area (Å²) in [5.74, 6) is 0.807. The van der Waals surface area contributed by atoms with Crippen LogP contribution in [0.2, 0.25) is 0 Å². The first kappa shape index (κ1) is 15.3. The van der Waals surface area contributed by atoms with Gasteiger partial charge < -0.3 is 10.5 Å². The summed E-state index contributed by atoms with van der Waals surface area (Å²) in [5, 5.41) is 0. The fraction of sp³-hybridized carbons (Fsp3) is 0.647. The van der Waals surface area contributed by atoms with Gasteiger partial charge in [-0.1, -0.05) is 32.3 Å². The second kappa shape index (κ2) is 6.57. The summed E-state index contributed by atoms with van der Waals surface area (Å²) >= 11 is 0. The summed E-state index contributed by atoms with van der Waals surface area (Å²) in [7, 11) is 1.49. The zero-order valence-electron chi connectivity index (χ0n) is 12.6. The van der Waals surface area contributed by atoms with Gasteiger partial charge in [-0.3, -0.25) is 0 Å². The summed E-state index contributed by atoms with van der Waals surface area (Å²) in [4.78, 5) is 0. The third kappa shape index (κ3) is 3.32. The molecule has 1 fully saturated rings. The molecular formula is C17H26FNO. The van der Waals surface area contributed by atoms with Crippen LogP contribution in [0, 0.1) is 17.2 Å². The Morgan fingerprint density at radius 3 is 2.85 bits per heavy atom. The molecule has 20 heavy (non-hydrogen) atoms. The lowest BCUT2D eigenvalue weighted by atomic mass is 9.66. The second-order valence-electron chi connectivity index (χ2n) is 6.22. The average molecular weight is 279 g/mol. The highest BCUT2D eigenvalue weighted by Gasteiger charge is 2.34. The van der Waals surface area contributed by atoms with Gasteiger partial charge in [-0.2, -0.15) is 0 Å². The van der Waals surface area contributed by atoms with E-state index in [0.717, 1.165) is 24.3 Å². The lowest BCUT2D eigenvalue weighted by molar-refractivity contribution is 0.142. The largest absolute Gasteiger partial charge is 0.494 e. The molecule has 2 atom stereocenters. The van der Waals surface area contributed by atoms with Crippen molar-refractivity contribution in [3.05, 3.63) is 29.6 Å². The van der Waals surface area contributed by atoms with Gasteiger partial charge in [0.1, 0.15) is 0 Å². The van der Waals surface area contributed by atoms with Crippen molar-refractivity contribution in [1.29, 1.82) is 0 Å². The van der Waals surface area contributed by atoms with Crippen LogP contribution >= 0.6 is 0 Å². The van der Waals surface area contributed by atoms with Crippen molar-refractivity contribution in [2.75, 3.05) is 13.7 Å². The van der Waals surface area contributed by atoms with Gasteiger partial charge in [-0.15, -0.1) is 0 Å². The predicted octanol–water partition coefficient (Wildman–Crippen LogP) is 3.92. The third-order valence-electron chi connectivity index (χ3n) is 4.85. The second-order valence-corrected chi connectivity index (χ2v) is 6.22. The van der Waals surface area contributed by atoms with Gasteiger partial charge >= 0.3 is 0 Å². The fourth-order valence-corrected chi connectivity index (χ4v) is 3.60. The molecule has 0 radical (unpaired) electrons. The highest BCUT2D eigenvalue weighted by Crippen LogP contribution is 2.42. The molecule has 0 bridgehead atoms. The maximum absolute atomic E-state index is 13.8. The molecular weight excluding hydrogens is 253 g/mol. The molecule has 0 aliphatic heterocycles. The monoisotopic (exact) mass is 279 g/mol. The minimum absolute atomic E-state index is 0.153. The summed E-state index contributed by atoms with van der Waals surface area (Å²) in [6, 6.07) is 5.29. The molecule has 1 saturated carbocycles. The van der Waals surface area contributed by atoms with E-state index >= 15 is 0 Å². The van der Waals surface area contributed by atoms with E-state index in [2.05, 4.69) is 6.92 Å². The number of hydrogen-bond donors (Lipinski definition) is 1. The van der Waals surface area contributed by atoms with Crippen LogP contribution in [0.15, 0.2) is 18.2 Å². The van der Waals surface area contributed by atoms with Gasteiger partial charge in [0, 0.05) is 0 Å². The van der Waals surface area contributed by atoms with Crippen molar-refractivity contribution >= 4 is 0 Å². The Kier molecular flexibility index (Phi) is 5.03. The van der Waals surface area contributed by atoms with Crippen molar-refractivity contribution in [2.24, 2.45) is 17.1 Å². The molecule has 0 saturated heterocycles. The molecule has 2 unspecified atom stereocenters. The van der Waals surface area contributed by atoms with Gasteiger partial charge in [0.05, 0.1) is 7.11 Å². The molecule has 1 aliphatic carbocycles. The summed E-state index contributed by atoms with van der Waals surface area (Å²) in [5.41, 5.74) is 7.26. The van der Waals surface area contributed by atoms with Crippen LogP contribution < -0.4 is 10.5 Å². The Hall–Kier alpha value is -1.09. The molecule has 2 rings (SSSR count). The Labute approximate surface area is 121 Å². The number of methoxy groups -OCH3 is 1. The minimum atomic E-state index is -0.278. The SMILES string of the molecule is CCC1CCCC(CN)(Cc2ccc(OC)c(F)c2)C1. The molecule has 0 aromatic heterocycles. The molecule has 0 heterocycles. The first-order valence-corrected chi connectivity index (χ1v) is 7.65. The Morgan fingerprint density at radius 2 is 2.25 bits per heavy atom. The predicted molar refractivity (Wildman–Crippen MR) is 80.4 cm³/mol. The standard InChI is InChI=1S/C17H26FNO/c1-3-13-5-4-8-17(10-13,12-19)11-14-6-7-16(20-2)15(18)9-14/h6-7,9,13H,3-5,8,10-12,19H2,1-2H3.